The Morgan fingerprint density at radius 2 is 1.74 bits per heavy atom. The Labute approximate surface area is 117 Å². The maximum absolute atomic E-state index is 13.9. The van der Waals surface area contributed by atoms with Gasteiger partial charge in [0, 0.05) is 11.8 Å². The van der Waals surface area contributed by atoms with Crippen LogP contribution in [0.25, 0.3) is 0 Å². The molecule has 0 heterocycles. The summed E-state index contributed by atoms with van der Waals surface area (Å²) in [6.07, 6.45) is 5.21. The van der Waals surface area contributed by atoms with Crippen molar-refractivity contribution < 1.29 is 13.5 Å². The van der Waals surface area contributed by atoms with Gasteiger partial charge in [0.15, 0.2) is 0 Å². The lowest BCUT2D eigenvalue weighted by atomic mass is 9.66. The van der Waals surface area contributed by atoms with Gasteiger partial charge in [-0.1, -0.05) is 27.2 Å². The van der Waals surface area contributed by atoms with Crippen molar-refractivity contribution in [3.05, 3.63) is 0 Å². The zero-order valence-corrected chi connectivity index (χ0v) is 13.2. The first-order chi connectivity index (χ1) is 8.58. The van der Waals surface area contributed by atoms with Crippen LogP contribution in [0.1, 0.15) is 73.1 Å². The quantitative estimate of drug-likeness (QED) is 0.602. The highest BCUT2D eigenvalue weighted by Crippen LogP contribution is 2.47. The molecule has 1 rings (SSSR count). The molecule has 114 valence electrons. The molecule has 0 radical (unpaired) electrons. The van der Waals surface area contributed by atoms with Gasteiger partial charge in [0.25, 0.3) is 5.92 Å². The van der Waals surface area contributed by atoms with Crippen LogP contribution in [0, 0.1) is 10.8 Å². The van der Waals surface area contributed by atoms with E-state index in [1.54, 1.807) is 20.8 Å². The minimum absolute atomic E-state index is 0.0000709. The molecule has 0 unspecified atom stereocenters. The third kappa shape index (κ3) is 4.70. The maximum atomic E-state index is 13.9. The third-order valence-corrected chi connectivity index (χ3v) is 4.43. The summed E-state index contributed by atoms with van der Waals surface area (Å²) in [6, 6.07) is 0. The molecule has 0 amide bonds. The molecule has 0 aromatic heterocycles. The largest absolute Gasteiger partial charge is 0.378 e. The highest BCUT2D eigenvalue weighted by atomic mass is 19.3. The smallest absolute Gasteiger partial charge is 0.252 e. The topological polar surface area (TPSA) is 9.23 Å². The van der Waals surface area contributed by atoms with Crippen molar-refractivity contribution in [1.29, 1.82) is 0 Å². The van der Waals surface area contributed by atoms with E-state index in [9.17, 15) is 8.78 Å². The van der Waals surface area contributed by atoms with Gasteiger partial charge in [0.1, 0.15) is 0 Å². The van der Waals surface area contributed by atoms with E-state index < -0.39 is 11.3 Å². The minimum Gasteiger partial charge on any atom is -0.378 e. The van der Waals surface area contributed by atoms with Crippen molar-refractivity contribution in [3.8, 4) is 0 Å². The summed E-state index contributed by atoms with van der Waals surface area (Å²) in [5.74, 6) is -2.57. The summed E-state index contributed by atoms with van der Waals surface area (Å²) >= 11 is 0. The second-order valence-electron chi connectivity index (χ2n) is 7.52. The van der Waals surface area contributed by atoms with E-state index in [2.05, 4.69) is 0 Å². The fraction of sp³-hybridized carbons (Fsp3) is 1.00. The van der Waals surface area contributed by atoms with Gasteiger partial charge >= 0.3 is 0 Å². The molecule has 0 aromatic rings. The lowest BCUT2D eigenvalue weighted by molar-refractivity contribution is -0.109. The molecule has 1 nitrogen and oxygen atoms in total. The van der Waals surface area contributed by atoms with Gasteiger partial charge in [0.05, 0.1) is 12.7 Å². The van der Waals surface area contributed by atoms with Gasteiger partial charge in [-0.25, -0.2) is 8.78 Å². The van der Waals surface area contributed by atoms with Crippen molar-refractivity contribution in [2.45, 2.75) is 85.2 Å². The molecule has 3 heteroatoms. The predicted molar refractivity (Wildman–Crippen MR) is 75.6 cm³/mol. The van der Waals surface area contributed by atoms with Gasteiger partial charge in [-0.15, -0.1) is 0 Å². The van der Waals surface area contributed by atoms with Crippen LogP contribution < -0.4 is 0 Å². The van der Waals surface area contributed by atoms with Crippen molar-refractivity contribution >= 4 is 0 Å². The fourth-order valence-corrected chi connectivity index (χ4v) is 2.55. The monoisotopic (exact) mass is 276 g/mol. The van der Waals surface area contributed by atoms with E-state index >= 15 is 0 Å². The fourth-order valence-electron chi connectivity index (χ4n) is 2.55. The maximum Gasteiger partial charge on any atom is 0.252 e. The molecule has 19 heavy (non-hydrogen) atoms. The van der Waals surface area contributed by atoms with Crippen LogP contribution in [-0.4, -0.2) is 18.6 Å². The Morgan fingerprint density at radius 3 is 2.11 bits per heavy atom. The van der Waals surface area contributed by atoms with E-state index in [-0.39, 0.29) is 17.9 Å². The molecule has 0 aliphatic heterocycles. The summed E-state index contributed by atoms with van der Waals surface area (Å²) in [5.41, 5.74) is -0.744. The summed E-state index contributed by atoms with van der Waals surface area (Å²) < 4.78 is 33.5. The SMILES string of the molecule is CC(C)OCC1(CCCC(F)(F)C(C)(C)C)CCC1. The predicted octanol–water partition coefficient (Wildman–Crippen LogP) is 5.43. The summed E-state index contributed by atoms with van der Waals surface area (Å²) in [6.45, 7) is 9.65. The van der Waals surface area contributed by atoms with Crippen LogP contribution in [0.2, 0.25) is 0 Å². The average molecular weight is 276 g/mol. The molecule has 1 aliphatic rings. The van der Waals surface area contributed by atoms with E-state index in [0.717, 1.165) is 25.9 Å². The van der Waals surface area contributed by atoms with Crippen LogP contribution in [0.15, 0.2) is 0 Å². The Bertz CT molecular complexity index is 275. The normalized spacial score (nSPS) is 19.6. The highest BCUT2D eigenvalue weighted by molar-refractivity contribution is 4.89. The van der Waals surface area contributed by atoms with E-state index in [4.69, 9.17) is 4.74 Å². The van der Waals surface area contributed by atoms with Crippen LogP contribution in [-0.2, 0) is 4.74 Å². The van der Waals surface area contributed by atoms with E-state index in [0.29, 0.717) is 6.42 Å². The zero-order chi connectivity index (χ0) is 14.7. The first-order valence-electron chi connectivity index (χ1n) is 7.57. The number of alkyl halides is 2. The molecule has 0 spiro atoms. The standard InChI is InChI=1S/C16H30F2O/c1-13(2)19-12-15(8-6-9-15)10-7-11-16(17,18)14(3,4)5/h13H,6-12H2,1-5H3. The number of hydrogen-bond donors (Lipinski definition) is 0. The molecular formula is C16H30F2O. The van der Waals surface area contributed by atoms with Gasteiger partial charge in [-0.05, 0) is 44.9 Å². The van der Waals surface area contributed by atoms with Crippen LogP contribution in [0.5, 0.6) is 0 Å². The molecule has 0 N–H and O–H groups in total. The lowest BCUT2D eigenvalue weighted by Gasteiger charge is -2.43. The Balaban J connectivity index is 2.38. The average Bonchev–Trinajstić information content (AvgIpc) is 2.18. The molecule has 1 fully saturated rings. The van der Waals surface area contributed by atoms with E-state index in [1.165, 1.54) is 6.42 Å². The summed E-state index contributed by atoms with van der Waals surface area (Å²) in [7, 11) is 0. The Morgan fingerprint density at radius 1 is 1.16 bits per heavy atom. The molecule has 0 atom stereocenters. The van der Waals surface area contributed by atoms with Crippen LogP contribution in [0.3, 0.4) is 0 Å². The Hall–Kier alpha value is -0.180. The third-order valence-electron chi connectivity index (χ3n) is 4.43. The molecule has 0 saturated heterocycles. The summed E-state index contributed by atoms with van der Waals surface area (Å²) in [5, 5.41) is 0. The lowest BCUT2D eigenvalue weighted by Crippen LogP contribution is -2.37. The number of rotatable bonds is 7. The number of halogens is 2. The van der Waals surface area contributed by atoms with Gasteiger partial charge in [-0.3, -0.25) is 0 Å². The van der Waals surface area contributed by atoms with Crippen molar-refractivity contribution in [3.63, 3.8) is 0 Å². The van der Waals surface area contributed by atoms with Crippen LogP contribution in [0.4, 0.5) is 8.78 Å². The highest BCUT2D eigenvalue weighted by Gasteiger charge is 2.43. The van der Waals surface area contributed by atoms with Crippen LogP contribution >= 0.6 is 0 Å². The number of ether oxygens (including phenoxy) is 1. The molecular weight excluding hydrogens is 246 g/mol. The molecule has 1 aliphatic carbocycles. The molecule has 0 aromatic carbocycles. The van der Waals surface area contributed by atoms with Crippen molar-refractivity contribution in [1.82, 2.24) is 0 Å². The molecule has 1 saturated carbocycles. The van der Waals surface area contributed by atoms with Gasteiger partial charge in [-0.2, -0.15) is 0 Å². The zero-order valence-electron chi connectivity index (χ0n) is 13.2. The van der Waals surface area contributed by atoms with Crippen molar-refractivity contribution in [2.24, 2.45) is 10.8 Å². The Kier molecular flexibility index (Phi) is 5.39. The van der Waals surface area contributed by atoms with E-state index in [1.807, 2.05) is 13.8 Å². The van der Waals surface area contributed by atoms with Crippen molar-refractivity contribution in [2.75, 3.05) is 6.61 Å². The first kappa shape index (κ1) is 16.9. The van der Waals surface area contributed by atoms with Gasteiger partial charge in [0.2, 0.25) is 0 Å². The minimum atomic E-state index is -2.57. The first-order valence-corrected chi connectivity index (χ1v) is 7.57. The molecule has 0 bridgehead atoms. The number of hydrogen-bond acceptors (Lipinski definition) is 1. The summed E-state index contributed by atoms with van der Waals surface area (Å²) in [4.78, 5) is 0. The second-order valence-corrected chi connectivity index (χ2v) is 7.52. The van der Waals surface area contributed by atoms with Gasteiger partial charge < -0.3 is 4.74 Å². The second kappa shape index (κ2) is 6.07.